The van der Waals surface area contributed by atoms with Crippen LogP contribution in [0.15, 0.2) is 71.8 Å². The van der Waals surface area contributed by atoms with Crippen molar-refractivity contribution in [3.8, 4) is 22.7 Å². The SMILES string of the molecule is O=c1nc(O)c2c(-c3ccncc3)cc(Cl)cc2n1-c1ccccc1. The van der Waals surface area contributed by atoms with Gasteiger partial charge in [0.05, 0.1) is 16.6 Å². The van der Waals surface area contributed by atoms with Crippen molar-refractivity contribution in [3.05, 3.63) is 82.5 Å². The largest absolute Gasteiger partial charge is 0.493 e. The number of fused-ring (bicyclic) bond motifs is 1. The Morgan fingerprint density at radius 3 is 2.44 bits per heavy atom. The molecule has 4 rings (SSSR count). The van der Waals surface area contributed by atoms with Gasteiger partial charge in [0.2, 0.25) is 5.88 Å². The van der Waals surface area contributed by atoms with Crippen molar-refractivity contribution in [3.63, 3.8) is 0 Å². The van der Waals surface area contributed by atoms with E-state index in [2.05, 4.69) is 9.97 Å². The molecular formula is C19H12ClN3O2. The highest BCUT2D eigenvalue weighted by Gasteiger charge is 2.17. The van der Waals surface area contributed by atoms with Gasteiger partial charge in [-0.05, 0) is 47.5 Å². The van der Waals surface area contributed by atoms with E-state index in [1.807, 2.05) is 30.3 Å². The van der Waals surface area contributed by atoms with Crippen LogP contribution in [0.5, 0.6) is 5.88 Å². The van der Waals surface area contributed by atoms with Gasteiger partial charge in [-0.3, -0.25) is 9.55 Å². The van der Waals surface area contributed by atoms with Gasteiger partial charge < -0.3 is 5.11 Å². The van der Waals surface area contributed by atoms with Gasteiger partial charge in [-0.25, -0.2) is 4.79 Å². The topological polar surface area (TPSA) is 68.0 Å². The third-order valence-corrected chi connectivity index (χ3v) is 4.16. The zero-order valence-corrected chi connectivity index (χ0v) is 13.7. The van der Waals surface area contributed by atoms with Crippen LogP contribution in [0.4, 0.5) is 0 Å². The molecule has 0 atom stereocenters. The molecule has 0 bridgehead atoms. The van der Waals surface area contributed by atoms with Gasteiger partial charge in [0, 0.05) is 17.4 Å². The number of hydrogen-bond acceptors (Lipinski definition) is 4. The first-order valence-electron chi connectivity index (χ1n) is 7.56. The fourth-order valence-electron chi connectivity index (χ4n) is 2.89. The lowest BCUT2D eigenvalue weighted by molar-refractivity contribution is 0.456. The molecular weight excluding hydrogens is 338 g/mol. The van der Waals surface area contributed by atoms with Crippen molar-refractivity contribution in [1.82, 2.24) is 14.5 Å². The number of aromatic nitrogens is 3. The monoisotopic (exact) mass is 349 g/mol. The Morgan fingerprint density at radius 2 is 1.72 bits per heavy atom. The number of hydrogen-bond donors (Lipinski definition) is 1. The molecule has 0 fully saturated rings. The van der Waals surface area contributed by atoms with Gasteiger partial charge >= 0.3 is 5.69 Å². The summed E-state index contributed by atoms with van der Waals surface area (Å²) in [5.41, 5.74) is 2.06. The van der Waals surface area contributed by atoms with Crippen LogP contribution in [0.1, 0.15) is 0 Å². The summed E-state index contributed by atoms with van der Waals surface area (Å²) in [5.74, 6) is -0.323. The molecule has 0 aliphatic carbocycles. The van der Waals surface area contributed by atoms with Crippen molar-refractivity contribution in [2.45, 2.75) is 0 Å². The maximum Gasteiger partial charge on any atom is 0.355 e. The first-order chi connectivity index (χ1) is 12.1. The molecule has 122 valence electrons. The lowest BCUT2D eigenvalue weighted by atomic mass is 10.0. The molecule has 0 unspecified atom stereocenters. The minimum atomic E-state index is -0.570. The van der Waals surface area contributed by atoms with Crippen molar-refractivity contribution < 1.29 is 5.11 Å². The maximum atomic E-state index is 12.5. The van der Waals surface area contributed by atoms with Crippen LogP contribution in [0, 0.1) is 0 Å². The van der Waals surface area contributed by atoms with E-state index >= 15 is 0 Å². The predicted molar refractivity (Wildman–Crippen MR) is 97.2 cm³/mol. The molecule has 25 heavy (non-hydrogen) atoms. The van der Waals surface area contributed by atoms with E-state index in [0.717, 1.165) is 5.56 Å². The fourth-order valence-corrected chi connectivity index (χ4v) is 3.10. The molecule has 0 spiro atoms. The first kappa shape index (κ1) is 15.4. The molecule has 2 heterocycles. The average molecular weight is 350 g/mol. The van der Waals surface area contributed by atoms with Crippen LogP contribution < -0.4 is 5.69 Å². The molecule has 0 saturated carbocycles. The van der Waals surface area contributed by atoms with E-state index in [-0.39, 0.29) is 5.88 Å². The Labute approximate surface area is 147 Å². The van der Waals surface area contributed by atoms with Crippen LogP contribution in [0.25, 0.3) is 27.7 Å². The second-order valence-electron chi connectivity index (χ2n) is 5.47. The van der Waals surface area contributed by atoms with Crippen molar-refractivity contribution in [2.75, 3.05) is 0 Å². The van der Waals surface area contributed by atoms with E-state index in [1.54, 1.807) is 36.7 Å². The van der Waals surface area contributed by atoms with E-state index < -0.39 is 5.69 Å². The second-order valence-corrected chi connectivity index (χ2v) is 5.91. The summed E-state index contributed by atoms with van der Waals surface area (Å²) in [5, 5.41) is 11.3. The summed E-state index contributed by atoms with van der Waals surface area (Å²) >= 11 is 6.30. The summed E-state index contributed by atoms with van der Waals surface area (Å²) < 4.78 is 1.44. The lowest BCUT2D eigenvalue weighted by Gasteiger charge is -2.14. The number of pyridine rings is 1. The maximum absolute atomic E-state index is 12.5. The van der Waals surface area contributed by atoms with Crippen LogP contribution in [-0.4, -0.2) is 19.6 Å². The van der Waals surface area contributed by atoms with Gasteiger partial charge in [0.25, 0.3) is 0 Å². The van der Waals surface area contributed by atoms with E-state index in [0.29, 0.717) is 27.2 Å². The lowest BCUT2D eigenvalue weighted by Crippen LogP contribution is -2.21. The smallest absolute Gasteiger partial charge is 0.355 e. The summed E-state index contributed by atoms with van der Waals surface area (Å²) in [6.45, 7) is 0. The summed E-state index contributed by atoms with van der Waals surface area (Å²) in [6.07, 6.45) is 3.31. The standard InChI is InChI=1S/C19H12ClN3O2/c20-13-10-15(12-6-8-21-9-7-12)17-16(11-13)23(19(25)22-18(17)24)14-4-2-1-3-5-14/h1-11H,(H,22,24,25). The molecule has 2 aromatic carbocycles. The van der Waals surface area contributed by atoms with Gasteiger partial charge in [0.15, 0.2) is 0 Å². The Balaban J connectivity index is 2.17. The zero-order chi connectivity index (χ0) is 17.4. The molecule has 4 aromatic rings. The van der Waals surface area contributed by atoms with Crippen molar-refractivity contribution >= 4 is 22.5 Å². The Hall–Kier alpha value is -3.18. The van der Waals surface area contributed by atoms with Crippen molar-refractivity contribution in [2.24, 2.45) is 0 Å². The minimum Gasteiger partial charge on any atom is -0.493 e. The summed E-state index contributed by atoms with van der Waals surface area (Å²) in [7, 11) is 0. The molecule has 2 aromatic heterocycles. The number of rotatable bonds is 2. The molecule has 0 radical (unpaired) electrons. The highest BCUT2D eigenvalue weighted by atomic mass is 35.5. The second kappa shape index (κ2) is 6.03. The van der Waals surface area contributed by atoms with Crippen LogP contribution in [0.2, 0.25) is 5.02 Å². The van der Waals surface area contributed by atoms with Gasteiger partial charge in [-0.2, -0.15) is 4.98 Å². The number of benzene rings is 2. The molecule has 0 amide bonds. The molecule has 0 saturated heterocycles. The third kappa shape index (κ3) is 2.64. The average Bonchev–Trinajstić information content (AvgIpc) is 2.62. The number of halogens is 1. The normalized spacial score (nSPS) is 10.9. The summed E-state index contributed by atoms with van der Waals surface area (Å²) in [6, 6.07) is 16.1. The highest BCUT2D eigenvalue weighted by Crippen LogP contribution is 2.35. The Bertz CT molecular complexity index is 1130. The summed E-state index contributed by atoms with van der Waals surface area (Å²) in [4.78, 5) is 20.3. The third-order valence-electron chi connectivity index (χ3n) is 3.95. The van der Waals surface area contributed by atoms with Gasteiger partial charge in [0.1, 0.15) is 0 Å². The predicted octanol–water partition coefficient (Wildman–Crippen LogP) is 3.81. The first-order valence-corrected chi connectivity index (χ1v) is 7.94. The van der Waals surface area contributed by atoms with E-state index in [9.17, 15) is 9.90 Å². The Kier molecular flexibility index (Phi) is 3.71. The number of aromatic hydroxyl groups is 1. The van der Waals surface area contributed by atoms with Crippen LogP contribution >= 0.6 is 11.6 Å². The van der Waals surface area contributed by atoms with Crippen molar-refractivity contribution in [1.29, 1.82) is 0 Å². The molecule has 5 nitrogen and oxygen atoms in total. The van der Waals surface area contributed by atoms with Crippen LogP contribution in [-0.2, 0) is 0 Å². The van der Waals surface area contributed by atoms with Gasteiger partial charge in [-0.15, -0.1) is 0 Å². The molecule has 0 aliphatic heterocycles. The Morgan fingerprint density at radius 1 is 1.00 bits per heavy atom. The highest BCUT2D eigenvalue weighted by molar-refractivity contribution is 6.32. The van der Waals surface area contributed by atoms with E-state index in [1.165, 1.54) is 4.57 Å². The fraction of sp³-hybridized carbons (Fsp3) is 0. The van der Waals surface area contributed by atoms with Crippen LogP contribution in [0.3, 0.4) is 0 Å². The molecule has 0 aliphatic rings. The van der Waals surface area contributed by atoms with E-state index in [4.69, 9.17) is 11.6 Å². The molecule has 6 heteroatoms. The number of nitrogens with zero attached hydrogens (tertiary/aromatic N) is 3. The zero-order valence-electron chi connectivity index (χ0n) is 12.9. The van der Waals surface area contributed by atoms with Gasteiger partial charge in [-0.1, -0.05) is 29.8 Å². The minimum absolute atomic E-state index is 0.323. The quantitative estimate of drug-likeness (QED) is 0.597. The number of para-hydroxylation sites is 1. The molecule has 1 N–H and O–H groups in total.